The van der Waals surface area contributed by atoms with Gasteiger partial charge in [-0.2, -0.15) is 0 Å². The van der Waals surface area contributed by atoms with Gasteiger partial charge in [0.25, 0.3) is 0 Å². The Balaban J connectivity index is 1.82. The van der Waals surface area contributed by atoms with Crippen molar-refractivity contribution < 1.29 is 14.3 Å². The summed E-state index contributed by atoms with van der Waals surface area (Å²) in [5, 5.41) is 0. The van der Waals surface area contributed by atoms with Gasteiger partial charge in [0.2, 0.25) is 5.91 Å². The Hall–Kier alpha value is -2.56. The van der Waals surface area contributed by atoms with Crippen LogP contribution in [0.1, 0.15) is 36.6 Å². The molecule has 1 aliphatic rings. The zero-order valence-electron chi connectivity index (χ0n) is 14.8. The summed E-state index contributed by atoms with van der Waals surface area (Å²) in [5.41, 5.74) is 1.81. The van der Waals surface area contributed by atoms with E-state index in [0.29, 0.717) is 17.9 Å². The van der Waals surface area contributed by atoms with Gasteiger partial charge in [0.05, 0.1) is 32.4 Å². The molecule has 0 spiro atoms. The highest BCUT2D eigenvalue weighted by Gasteiger charge is 2.29. The van der Waals surface area contributed by atoms with E-state index in [-0.39, 0.29) is 11.9 Å². The molecule has 0 aliphatic carbocycles. The Labute approximate surface area is 148 Å². The first-order valence-corrected chi connectivity index (χ1v) is 8.65. The van der Waals surface area contributed by atoms with Crippen LogP contribution in [-0.2, 0) is 11.2 Å². The number of benzene rings is 1. The number of para-hydroxylation sites is 1. The molecule has 5 heteroatoms. The molecular weight excluding hydrogens is 316 g/mol. The van der Waals surface area contributed by atoms with E-state index in [1.54, 1.807) is 20.4 Å². The van der Waals surface area contributed by atoms with Gasteiger partial charge in [-0.25, -0.2) is 0 Å². The second kappa shape index (κ2) is 8.01. The number of nitrogens with zero attached hydrogens (tertiary/aromatic N) is 2. The minimum Gasteiger partial charge on any atom is -0.493 e. The second-order valence-corrected chi connectivity index (χ2v) is 6.18. The van der Waals surface area contributed by atoms with Crippen molar-refractivity contribution in [2.45, 2.75) is 31.7 Å². The summed E-state index contributed by atoms with van der Waals surface area (Å²) in [4.78, 5) is 19.4. The first kappa shape index (κ1) is 17.3. The second-order valence-electron chi connectivity index (χ2n) is 6.18. The summed E-state index contributed by atoms with van der Waals surface area (Å²) < 4.78 is 10.8. The summed E-state index contributed by atoms with van der Waals surface area (Å²) >= 11 is 0. The van der Waals surface area contributed by atoms with E-state index in [4.69, 9.17) is 9.47 Å². The molecule has 1 atom stereocenters. The Kier molecular flexibility index (Phi) is 5.53. The zero-order valence-corrected chi connectivity index (χ0v) is 14.8. The third-order valence-electron chi connectivity index (χ3n) is 4.68. The topological polar surface area (TPSA) is 51.7 Å². The van der Waals surface area contributed by atoms with Gasteiger partial charge in [-0.3, -0.25) is 9.78 Å². The number of piperidine rings is 1. The van der Waals surface area contributed by atoms with Crippen LogP contribution >= 0.6 is 0 Å². The van der Waals surface area contributed by atoms with E-state index in [2.05, 4.69) is 4.98 Å². The third kappa shape index (κ3) is 3.76. The van der Waals surface area contributed by atoms with Gasteiger partial charge < -0.3 is 14.4 Å². The van der Waals surface area contributed by atoms with Crippen LogP contribution in [0.3, 0.4) is 0 Å². The average molecular weight is 340 g/mol. The van der Waals surface area contributed by atoms with Crippen molar-refractivity contribution in [2.24, 2.45) is 0 Å². The summed E-state index contributed by atoms with van der Waals surface area (Å²) in [6.45, 7) is 0.770. The van der Waals surface area contributed by atoms with Crippen LogP contribution in [0.4, 0.5) is 0 Å². The molecular formula is C20H24N2O3. The Bertz CT molecular complexity index is 718. The van der Waals surface area contributed by atoms with Gasteiger partial charge >= 0.3 is 0 Å². The van der Waals surface area contributed by atoms with Crippen molar-refractivity contribution in [1.29, 1.82) is 0 Å². The Morgan fingerprint density at radius 1 is 1.16 bits per heavy atom. The molecule has 0 N–H and O–H groups in total. The van der Waals surface area contributed by atoms with E-state index in [9.17, 15) is 4.79 Å². The number of carbonyl (C=O) groups is 1. The molecule has 2 heterocycles. The number of rotatable bonds is 5. The number of hydrogen-bond acceptors (Lipinski definition) is 4. The van der Waals surface area contributed by atoms with Gasteiger partial charge in [0, 0.05) is 18.3 Å². The van der Waals surface area contributed by atoms with Crippen LogP contribution in [0.2, 0.25) is 0 Å². The summed E-state index contributed by atoms with van der Waals surface area (Å²) in [6.07, 6.45) is 5.19. The standard InChI is InChI=1S/C20H24N2O3/c1-24-18-11-7-8-15(20(18)25-2)14-19(23)22-13-6-4-10-17(22)16-9-3-5-12-21-16/h3,5,7-9,11-12,17H,4,6,10,13-14H2,1-2H3/t17-/m0/s1. The Morgan fingerprint density at radius 2 is 2.04 bits per heavy atom. The van der Waals surface area contributed by atoms with Gasteiger partial charge in [0.15, 0.2) is 11.5 Å². The van der Waals surface area contributed by atoms with E-state index in [1.165, 1.54) is 0 Å². The largest absolute Gasteiger partial charge is 0.493 e. The molecule has 1 saturated heterocycles. The molecule has 1 fully saturated rings. The molecule has 1 aliphatic heterocycles. The van der Waals surface area contributed by atoms with Crippen LogP contribution < -0.4 is 9.47 Å². The molecule has 132 valence electrons. The van der Waals surface area contributed by atoms with E-state index >= 15 is 0 Å². The molecule has 2 aromatic rings. The molecule has 1 amide bonds. The van der Waals surface area contributed by atoms with Crippen molar-refractivity contribution in [3.05, 3.63) is 53.9 Å². The summed E-state index contributed by atoms with van der Waals surface area (Å²) in [5.74, 6) is 1.37. The van der Waals surface area contributed by atoms with Crippen LogP contribution in [0.15, 0.2) is 42.6 Å². The third-order valence-corrected chi connectivity index (χ3v) is 4.68. The fraction of sp³-hybridized carbons (Fsp3) is 0.400. The fourth-order valence-corrected chi connectivity index (χ4v) is 3.47. The molecule has 1 aromatic heterocycles. The molecule has 1 aromatic carbocycles. The number of carbonyl (C=O) groups excluding carboxylic acids is 1. The van der Waals surface area contributed by atoms with Crippen LogP contribution in [-0.4, -0.2) is 36.6 Å². The van der Waals surface area contributed by atoms with Crippen LogP contribution in [0.25, 0.3) is 0 Å². The molecule has 25 heavy (non-hydrogen) atoms. The molecule has 3 rings (SSSR count). The van der Waals surface area contributed by atoms with Crippen molar-refractivity contribution in [1.82, 2.24) is 9.88 Å². The lowest BCUT2D eigenvalue weighted by atomic mass is 9.97. The monoisotopic (exact) mass is 340 g/mol. The van der Waals surface area contributed by atoms with Crippen LogP contribution in [0.5, 0.6) is 11.5 Å². The average Bonchev–Trinajstić information content (AvgIpc) is 2.68. The number of amides is 1. The van der Waals surface area contributed by atoms with Crippen molar-refractivity contribution >= 4 is 5.91 Å². The highest BCUT2D eigenvalue weighted by atomic mass is 16.5. The van der Waals surface area contributed by atoms with E-state index in [0.717, 1.165) is 37.1 Å². The quantitative estimate of drug-likeness (QED) is 0.837. The highest BCUT2D eigenvalue weighted by molar-refractivity contribution is 5.80. The lowest BCUT2D eigenvalue weighted by molar-refractivity contribution is -0.134. The number of ether oxygens (including phenoxy) is 2. The Morgan fingerprint density at radius 3 is 2.76 bits per heavy atom. The molecule has 5 nitrogen and oxygen atoms in total. The van der Waals surface area contributed by atoms with E-state index < -0.39 is 0 Å². The number of methoxy groups -OCH3 is 2. The maximum atomic E-state index is 13.0. The lowest BCUT2D eigenvalue weighted by Crippen LogP contribution is -2.39. The lowest BCUT2D eigenvalue weighted by Gasteiger charge is -2.35. The predicted octanol–water partition coefficient (Wildman–Crippen LogP) is 3.40. The van der Waals surface area contributed by atoms with Gasteiger partial charge in [-0.15, -0.1) is 0 Å². The fourth-order valence-electron chi connectivity index (χ4n) is 3.47. The van der Waals surface area contributed by atoms with Gasteiger partial charge in [0.1, 0.15) is 0 Å². The van der Waals surface area contributed by atoms with Gasteiger partial charge in [-0.05, 0) is 37.5 Å². The van der Waals surface area contributed by atoms with Gasteiger partial charge in [-0.1, -0.05) is 18.2 Å². The highest BCUT2D eigenvalue weighted by Crippen LogP contribution is 2.33. The van der Waals surface area contributed by atoms with Crippen LogP contribution in [0, 0.1) is 0 Å². The number of aromatic nitrogens is 1. The normalized spacial score (nSPS) is 17.2. The number of pyridine rings is 1. The minimum atomic E-state index is 0.0547. The number of likely N-dealkylation sites (tertiary alicyclic amines) is 1. The predicted molar refractivity (Wildman–Crippen MR) is 95.8 cm³/mol. The van der Waals surface area contributed by atoms with Crippen molar-refractivity contribution in [3.63, 3.8) is 0 Å². The van der Waals surface area contributed by atoms with E-state index in [1.807, 2.05) is 41.3 Å². The maximum absolute atomic E-state index is 13.0. The molecule has 0 radical (unpaired) electrons. The maximum Gasteiger partial charge on any atom is 0.227 e. The molecule has 0 saturated carbocycles. The first-order valence-electron chi connectivity index (χ1n) is 8.65. The molecule has 0 bridgehead atoms. The summed E-state index contributed by atoms with van der Waals surface area (Å²) in [7, 11) is 3.20. The number of hydrogen-bond donors (Lipinski definition) is 0. The van der Waals surface area contributed by atoms with Crippen molar-refractivity contribution in [3.8, 4) is 11.5 Å². The SMILES string of the molecule is COc1cccc(CC(=O)N2CCCC[C@H]2c2ccccn2)c1OC. The first-order chi connectivity index (χ1) is 12.2. The minimum absolute atomic E-state index is 0.0547. The smallest absolute Gasteiger partial charge is 0.227 e. The molecule has 0 unspecified atom stereocenters. The van der Waals surface area contributed by atoms with Crippen molar-refractivity contribution in [2.75, 3.05) is 20.8 Å². The zero-order chi connectivity index (χ0) is 17.6. The summed E-state index contributed by atoms with van der Waals surface area (Å²) in [6, 6.07) is 11.6.